The third-order valence-electron chi connectivity index (χ3n) is 3.47. The quantitative estimate of drug-likeness (QED) is 0.646. The highest BCUT2D eigenvalue weighted by Crippen LogP contribution is 2.24. The largest absolute Gasteiger partial charge is 0.489 e. The van der Waals surface area contributed by atoms with E-state index in [0.29, 0.717) is 37.9 Å². The molecule has 0 fully saturated rings. The second-order valence-corrected chi connectivity index (χ2v) is 5.98. The van der Waals surface area contributed by atoms with E-state index in [2.05, 4.69) is 30.4 Å². The van der Waals surface area contributed by atoms with Crippen molar-refractivity contribution in [2.24, 2.45) is 0 Å². The Morgan fingerprint density at radius 2 is 2.00 bits per heavy atom. The number of benzene rings is 2. The van der Waals surface area contributed by atoms with Gasteiger partial charge in [0.1, 0.15) is 12.4 Å². The van der Waals surface area contributed by atoms with Crippen LogP contribution >= 0.6 is 11.6 Å². The van der Waals surface area contributed by atoms with Crippen LogP contribution in [0.3, 0.4) is 0 Å². The Morgan fingerprint density at radius 3 is 2.79 bits per heavy atom. The van der Waals surface area contributed by atoms with E-state index in [9.17, 15) is 0 Å². The topological polar surface area (TPSA) is 50.7 Å². The molecule has 0 radical (unpaired) electrons. The number of nitrogens with one attached hydrogen (secondary N) is 1. The fourth-order valence-electron chi connectivity index (χ4n) is 2.32. The number of rotatable bonds is 10. The first-order valence-electron chi connectivity index (χ1n) is 8.05. The van der Waals surface area contributed by atoms with Crippen molar-refractivity contribution in [1.29, 1.82) is 0 Å². The number of ether oxygens (including phenoxy) is 2. The summed E-state index contributed by atoms with van der Waals surface area (Å²) < 4.78 is 11.2. The number of aliphatic hydroxyl groups is 1. The molecule has 4 nitrogen and oxygen atoms in total. The van der Waals surface area contributed by atoms with Crippen LogP contribution in [0, 0.1) is 6.92 Å². The average Bonchev–Trinajstić information content (AvgIpc) is 2.57. The smallest absolute Gasteiger partial charge is 0.124 e. The molecule has 0 aliphatic carbocycles. The van der Waals surface area contributed by atoms with E-state index >= 15 is 0 Å². The molecule has 0 atom stereocenters. The Kier molecular flexibility index (Phi) is 8.05. The first-order valence-corrected chi connectivity index (χ1v) is 8.43. The van der Waals surface area contributed by atoms with Gasteiger partial charge in [-0.3, -0.25) is 0 Å². The highest BCUT2D eigenvalue weighted by Gasteiger charge is 2.05. The number of halogens is 1. The first kappa shape index (κ1) is 18.7. The molecule has 0 aliphatic rings. The van der Waals surface area contributed by atoms with Gasteiger partial charge in [0, 0.05) is 23.7 Å². The molecule has 130 valence electrons. The van der Waals surface area contributed by atoms with Gasteiger partial charge < -0.3 is 19.9 Å². The maximum Gasteiger partial charge on any atom is 0.124 e. The molecule has 0 bridgehead atoms. The van der Waals surface area contributed by atoms with E-state index in [4.69, 9.17) is 26.2 Å². The van der Waals surface area contributed by atoms with Gasteiger partial charge in [-0.15, -0.1) is 0 Å². The summed E-state index contributed by atoms with van der Waals surface area (Å²) in [6.07, 6.45) is 0. The third kappa shape index (κ3) is 6.49. The molecule has 0 amide bonds. The van der Waals surface area contributed by atoms with Crippen molar-refractivity contribution in [3.05, 3.63) is 64.2 Å². The van der Waals surface area contributed by atoms with Crippen LogP contribution in [0.5, 0.6) is 5.75 Å². The van der Waals surface area contributed by atoms with Crippen LogP contribution in [0.4, 0.5) is 0 Å². The molecule has 0 saturated carbocycles. The Labute approximate surface area is 148 Å². The Hall–Kier alpha value is -1.59. The fraction of sp³-hybridized carbons (Fsp3) is 0.368. The summed E-state index contributed by atoms with van der Waals surface area (Å²) in [6.45, 7) is 4.90. The van der Waals surface area contributed by atoms with Gasteiger partial charge in [-0.25, -0.2) is 0 Å². The minimum absolute atomic E-state index is 0.0469. The second-order valence-electron chi connectivity index (χ2n) is 5.54. The summed E-state index contributed by atoms with van der Waals surface area (Å²) in [5.41, 5.74) is 3.37. The van der Waals surface area contributed by atoms with E-state index < -0.39 is 0 Å². The van der Waals surface area contributed by atoms with E-state index in [0.717, 1.165) is 16.9 Å². The number of hydrogen-bond acceptors (Lipinski definition) is 4. The lowest BCUT2D eigenvalue weighted by Crippen LogP contribution is -2.20. The molecular weight excluding hydrogens is 326 g/mol. The van der Waals surface area contributed by atoms with Gasteiger partial charge in [-0.1, -0.05) is 41.4 Å². The van der Waals surface area contributed by atoms with Crippen molar-refractivity contribution in [3.8, 4) is 5.75 Å². The van der Waals surface area contributed by atoms with Crippen LogP contribution in [-0.2, 0) is 17.9 Å². The van der Waals surface area contributed by atoms with Crippen molar-refractivity contribution >= 4 is 11.6 Å². The number of aliphatic hydroxyl groups excluding tert-OH is 1. The molecule has 0 heterocycles. The molecular formula is C19H24ClNO3. The first-order chi connectivity index (χ1) is 11.7. The zero-order valence-corrected chi connectivity index (χ0v) is 14.7. The van der Waals surface area contributed by atoms with Gasteiger partial charge in [0.25, 0.3) is 0 Å². The molecule has 0 unspecified atom stereocenters. The molecule has 2 rings (SSSR count). The number of hydrogen-bond donors (Lipinski definition) is 2. The Balaban J connectivity index is 1.89. The normalized spacial score (nSPS) is 10.8. The third-order valence-corrected chi connectivity index (χ3v) is 3.71. The maximum absolute atomic E-state index is 8.66. The zero-order valence-electron chi connectivity index (χ0n) is 13.9. The minimum Gasteiger partial charge on any atom is -0.489 e. The zero-order chi connectivity index (χ0) is 17.2. The van der Waals surface area contributed by atoms with Crippen molar-refractivity contribution in [2.75, 3.05) is 26.4 Å². The summed E-state index contributed by atoms with van der Waals surface area (Å²) in [4.78, 5) is 0. The van der Waals surface area contributed by atoms with Crippen LogP contribution in [0.25, 0.3) is 0 Å². The second kappa shape index (κ2) is 10.3. The van der Waals surface area contributed by atoms with Crippen molar-refractivity contribution in [1.82, 2.24) is 5.32 Å². The highest BCUT2D eigenvalue weighted by atomic mass is 35.5. The standard InChI is InChI=1S/C19H24ClNO3/c1-15-3-2-4-16(11-15)14-24-19-6-5-18(20)12-17(19)13-21-7-9-23-10-8-22/h2-6,11-12,21-22H,7-10,13-14H2,1H3. The average molecular weight is 350 g/mol. The molecule has 0 aliphatic heterocycles. The van der Waals surface area contributed by atoms with Gasteiger partial charge >= 0.3 is 0 Å². The fourth-order valence-corrected chi connectivity index (χ4v) is 2.52. The summed E-state index contributed by atoms with van der Waals surface area (Å²) in [5, 5.41) is 12.6. The van der Waals surface area contributed by atoms with Crippen LogP contribution in [0.1, 0.15) is 16.7 Å². The highest BCUT2D eigenvalue weighted by molar-refractivity contribution is 6.30. The SMILES string of the molecule is Cc1cccc(COc2ccc(Cl)cc2CNCCOCCO)c1. The summed E-state index contributed by atoms with van der Waals surface area (Å²) >= 11 is 6.10. The maximum atomic E-state index is 8.66. The van der Waals surface area contributed by atoms with Gasteiger partial charge in [0.2, 0.25) is 0 Å². The molecule has 0 aromatic heterocycles. The molecule has 2 aromatic rings. The summed E-state index contributed by atoms with van der Waals surface area (Å²) in [7, 11) is 0. The molecule has 2 aromatic carbocycles. The van der Waals surface area contributed by atoms with Crippen molar-refractivity contribution in [2.45, 2.75) is 20.1 Å². The van der Waals surface area contributed by atoms with Gasteiger partial charge in [0.05, 0.1) is 19.8 Å². The van der Waals surface area contributed by atoms with Crippen LogP contribution < -0.4 is 10.1 Å². The lowest BCUT2D eigenvalue weighted by Gasteiger charge is -2.13. The van der Waals surface area contributed by atoms with E-state index in [1.807, 2.05) is 24.3 Å². The van der Waals surface area contributed by atoms with Gasteiger partial charge in [-0.2, -0.15) is 0 Å². The van der Waals surface area contributed by atoms with E-state index in [-0.39, 0.29) is 6.61 Å². The van der Waals surface area contributed by atoms with E-state index in [1.54, 1.807) is 0 Å². The predicted octanol–water partition coefficient (Wildman–Crippen LogP) is 3.33. The lowest BCUT2D eigenvalue weighted by molar-refractivity contribution is 0.0937. The molecule has 0 spiro atoms. The van der Waals surface area contributed by atoms with E-state index in [1.165, 1.54) is 5.56 Å². The van der Waals surface area contributed by atoms with Crippen molar-refractivity contribution in [3.63, 3.8) is 0 Å². The van der Waals surface area contributed by atoms with Gasteiger partial charge in [-0.05, 0) is 30.7 Å². The van der Waals surface area contributed by atoms with Crippen molar-refractivity contribution < 1.29 is 14.6 Å². The summed E-state index contributed by atoms with van der Waals surface area (Å²) in [6, 6.07) is 13.9. The summed E-state index contributed by atoms with van der Waals surface area (Å²) in [5.74, 6) is 0.824. The Bertz CT molecular complexity index is 634. The molecule has 24 heavy (non-hydrogen) atoms. The monoisotopic (exact) mass is 349 g/mol. The van der Waals surface area contributed by atoms with Crippen LogP contribution in [-0.4, -0.2) is 31.5 Å². The van der Waals surface area contributed by atoms with Crippen LogP contribution in [0.2, 0.25) is 5.02 Å². The minimum atomic E-state index is 0.0469. The van der Waals surface area contributed by atoms with Crippen LogP contribution in [0.15, 0.2) is 42.5 Å². The molecule has 5 heteroatoms. The molecule has 0 saturated heterocycles. The molecule has 2 N–H and O–H groups in total. The Morgan fingerprint density at radius 1 is 1.12 bits per heavy atom. The predicted molar refractivity (Wildman–Crippen MR) is 96.6 cm³/mol. The lowest BCUT2D eigenvalue weighted by atomic mass is 10.1. The number of aryl methyl sites for hydroxylation is 1. The van der Waals surface area contributed by atoms with Gasteiger partial charge in [0.15, 0.2) is 0 Å².